The number of hydrogen-bond acceptors (Lipinski definition) is 4. The molecule has 0 aromatic heterocycles. The lowest BCUT2D eigenvalue weighted by atomic mass is 9.94. The molecule has 110 valence electrons. The average molecular weight is 284 g/mol. The van der Waals surface area contributed by atoms with E-state index < -0.39 is 0 Å². The summed E-state index contributed by atoms with van der Waals surface area (Å²) in [4.78, 5) is 0. The van der Waals surface area contributed by atoms with Gasteiger partial charge in [-0.1, -0.05) is 35.9 Å². The number of hydrazine groups is 1. The van der Waals surface area contributed by atoms with Crippen LogP contribution in [-0.4, -0.2) is 13.7 Å². The molecule has 0 radical (unpaired) electrons. The van der Waals surface area contributed by atoms with Crippen molar-refractivity contribution in [1.29, 1.82) is 0 Å². The summed E-state index contributed by atoms with van der Waals surface area (Å²) in [5.74, 6) is 7.61. The van der Waals surface area contributed by atoms with E-state index in [0.717, 1.165) is 35.7 Å². The molecule has 0 saturated carbocycles. The summed E-state index contributed by atoms with van der Waals surface area (Å²) in [6.45, 7) is 2.79. The molecule has 4 heteroatoms. The van der Waals surface area contributed by atoms with Gasteiger partial charge >= 0.3 is 0 Å². The lowest BCUT2D eigenvalue weighted by Crippen LogP contribution is -2.29. The zero-order valence-electron chi connectivity index (χ0n) is 12.3. The van der Waals surface area contributed by atoms with Crippen molar-refractivity contribution < 1.29 is 9.47 Å². The maximum absolute atomic E-state index is 5.84. The minimum atomic E-state index is -0.159. The van der Waals surface area contributed by atoms with Crippen molar-refractivity contribution >= 4 is 0 Å². The molecule has 0 aliphatic carbocycles. The first-order chi connectivity index (χ1) is 10.2. The molecule has 0 amide bonds. The topological polar surface area (TPSA) is 56.5 Å². The number of methoxy groups -OCH3 is 1. The first-order valence-corrected chi connectivity index (χ1v) is 7.10. The number of nitrogens with one attached hydrogen (secondary N) is 1. The predicted molar refractivity (Wildman–Crippen MR) is 82.5 cm³/mol. The Morgan fingerprint density at radius 1 is 1.24 bits per heavy atom. The van der Waals surface area contributed by atoms with Crippen LogP contribution in [0.15, 0.2) is 36.4 Å². The zero-order valence-corrected chi connectivity index (χ0v) is 12.3. The summed E-state index contributed by atoms with van der Waals surface area (Å²) in [7, 11) is 1.67. The van der Waals surface area contributed by atoms with Crippen LogP contribution in [0.3, 0.4) is 0 Å². The molecule has 2 aromatic rings. The lowest BCUT2D eigenvalue weighted by Gasteiger charge is -2.22. The molecular formula is C17H20N2O2. The van der Waals surface area contributed by atoms with Crippen molar-refractivity contribution in [2.75, 3.05) is 13.7 Å². The summed E-state index contributed by atoms with van der Waals surface area (Å²) < 4.78 is 11.3. The second-order valence-electron chi connectivity index (χ2n) is 5.28. The molecule has 1 aliphatic rings. The van der Waals surface area contributed by atoms with Crippen molar-refractivity contribution in [3.63, 3.8) is 0 Å². The van der Waals surface area contributed by atoms with Crippen molar-refractivity contribution in [2.24, 2.45) is 5.84 Å². The smallest absolute Gasteiger partial charge is 0.127 e. The highest BCUT2D eigenvalue weighted by Gasteiger charge is 2.24. The second kappa shape index (κ2) is 5.76. The highest BCUT2D eigenvalue weighted by molar-refractivity contribution is 5.51. The number of aryl methyl sites for hydroxylation is 1. The number of para-hydroxylation sites is 1. The fourth-order valence-corrected chi connectivity index (χ4v) is 2.89. The van der Waals surface area contributed by atoms with Gasteiger partial charge in [0.2, 0.25) is 0 Å². The largest absolute Gasteiger partial charge is 0.496 e. The van der Waals surface area contributed by atoms with Gasteiger partial charge in [0, 0.05) is 17.5 Å². The highest BCUT2D eigenvalue weighted by Crippen LogP contribution is 2.38. The normalized spacial score (nSPS) is 14.4. The minimum absolute atomic E-state index is 0.159. The zero-order chi connectivity index (χ0) is 14.8. The van der Waals surface area contributed by atoms with Gasteiger partial charge < -0.3 is 9.47 Å². The number of rotatable bonds is 4. The number of hydrogen-bond donors (Lipinski definition) is 2. The van der Waals surface area contributed by atoms with Gasteiger partial charge in [-0.2, -0.15) is 0 Å². The minimum Gasteiger partial charge on any atom is -0.496 e. The Morgan fingerprint density at radius 2 is 2.10 bits per heavy atom. The van der Waals surface area contributed by atoms with Crippen molar-refractivity contribution in [3.8, 4) is 11.5 Å². The Balaban J connectivity index is 2.11. The van der Waals surface area contributed by atoms with Crippen LogP contribution in [0.5, 0.6) is 11.5 Å². The molecule has 0 spiro atoms. The Bertz CT molecular complexity index is 653. The Labute approximate surface area is 124 Å². The van der Waals surface area contributed by atoms with Crippen molar-refractivity contribution in [1.82, 2.24) is 5.43 Å². The monoisotopic (exact) mass is 284 g/mol. The Morgan fingerprint density at radius 3 is 2.86 bits per heavy atom. The summed E-state index contributed by atoms with van der Waals surface area (Å²) in [6.07, 6.45) is 0.950. The van der Waals surface area contributed by atoms with E-state index in [-0.39, 0.29) is 6.04 Å². The molecule has 2 aromatic carbocycles. The van der Waals surface area contributed by atoms with Gasteiger partial charge in [-0.05, 0) is 18.6 Å². The van der Waals surface area contributed by atoms with Gasteiger partial charge in [0.1, 0.15) is 11.5 Å². The van der Waals surface area contributed by atoms with E-state index in [2.05, 4.69) is 36.6 Å². The molecule has 1 unspecified atom stereocenters. The maximum atomic E-state index is 5.84. The van der Waals surface area contributed by atoms with Gasteiger partial charge in [-0.3, -0.25) is 5.84 Å². The van der Waals surface area contributed by atoms with Crippen LogP contribution in [0.1, 0.15) is 28.3 Å². The molecule has 4 nitrogen and oxygen atoms in total. The first-order valence-electron chi connectivity index (χ1n) is 7.10. The van der Waals surface area contributed by atoms with E-state index in [9.17, 15) is 0 Å². The molecule has 21 heavy (non-hydrogen) atoms. The molecule has 3 rings (SSSR count). The molecule has 1 atom stereocenters. The van der Waals surface area contributed by atoms with Crippen molar-refractivity contribution in [3.05, 3.63) is 58.7 Å². The van der Waals surface area contributed by atoms with E-state index >= 15 is 0 Å². The SMILES string of the molecule is COc1ccc(C)cc1C(NN)c1cccc2c1OCC2. The summed E-state index contributed by atoms with van der Waals surface area (Å²) >= 11 is 0. The Hall–Kier alpha value is -2.04. The van der Waals surface area contributed by atoms with Gasteiger partial charge in [0.05, 0.1) is 19.8 Å². The molecule has 1 aliphatic heterocycles. The van der Waals surface area contributed by atoms with Crippen LogP contribution in [0, 0.1) is 6.92 Å². The molecule has 0 fully saturated rings. The number of ether oxygens (including phenoxy) is 2. The van der Waals surface area contributed by atoms with Crippen LogP contribution in [0.2, 0.25) is 0 Å². The quantitative estimate of drug-likeness (QED) is 0.669. The van der Waals surface area contributed by atoms with E-state index in [1.165, 1.54) is 11.1 Å². The average Bonchev–Trinajstić information content (AvgIpc) is 2.97. The van der Waals surface area contributed by atoms with Crippen LogP contribution in [-0.2, 0) is 6.42 Å². The molecule has 1 heterocycles. The maximum Gasteiger partial charge on any atom is 0.127 e. The summed E-state index contributed by atoms with van der Waals surface area (Å²) in [5.41, 5.74) is 7.38. The third kappa shape index (κ3) is 2.48. The first kappa shape index (κ1) is 13.9. The lowest BCUT2D eigenvalue weighted by molar-refractivity contribution is 0.349. The molecule has 0 bridgehead atoms. The van der Waals surface area contributed by atoms with Crippen molar-refractivity contribution in [2.45, 2.75) is 19.4 Å². The van der Waals surface area contributed by atoms with E-state index in [4.69, 9.17) is 15.3 Å². The molecular weight excluding hydrogens is 264 g/mol. The molecule has 3 N–H and O–H groups in total. The van der Waals surface area contributed by atoms with Crippen LogP contribution >= 0.6 is 0 Å². The fourth-order valence-electron chi connectivity index (χ4n) is 2.89. The predicted octanol–water partition coefficient (Wildman–Crippen LogP) is 2.49. The van der Waals surface area contributed by atoms with Gasteiger partial charge in [-0.15, -0.1) is 0 Å². The highest BCUT2D eigenvalue weighted by atomic mass is 16.5. The summed E-state index contributed by atoms with van der Waals surface area (Å²) in [5, 5.41) is 0. The van der Waals surface area contributed by atoms with Crippen LogP contribution in [0.4, 0.5) is 0 Å². The molecule has 0 saturated heterocycles. The number of benzene rings is 2. The third-order valence-corrected chi connectivity index (χ3v) is 3.92. The number of fused-ring (bicyclic) bond motifs is 1. The van der Waals surface area contributed by atoms with Crippen LogP contribution in [0.25, 0.3) is 0 Å². The van der Waals surface area contributed by atoms with E-state index in [1.807, 2.05) is 12.1 Å². The van der Waals surface area contributed by atoms with Gasteiger partial charge in [0.15, 0.2) is 0 Å². The van der Waals surface area contributed by atoms with E-state index in [0.29, 0.717) is 0 Å². The fraction of sp³-hybridized carbons (Fsp3) is 0.294. The van der Waals surface area contributed by atoms with Crippen LogP contribution < -0.4 is 20.7 Å². The Kier molecular flexibility index (Phi) is 3.82. The standard InChI is InChI=1S/C17H20N2O2/c1-11-6-7-15(20-2)14(10-11)16(19-18)13-5-3-4-12-8-9-21-17(12)13/h3-7,10,16,19H,8-9,18H2,1-2H3. The third-order valence-electron chi connectivity index (χ3n) is 3.92. The van der Waals surface area contributed by atoms with E-state index in [1.54, 1.807) is 7.11 Å². The van der Waals surface area contributed by atoms with Gasteiger partial charge in [0.25, 0.3) is 0 Å². The second-order valence-corrected chi connectivity index (χ2v) is 5.28. The summed E-state index contributed by atoms with van der Waals surface area (Å²) in [6, 6.07) is 12.1. The number of nitrogens with two attached hydrogens (primary N) is 1. The van der Waals surface area contributed by atoms with Gasteiger partial charge in [-0.25, -0.2) is 5.43 Å².